The Labute approximate surface area is 272 Å². The Morgan fingerprint density at radius 1 is 0.512 bits per heavy atom. The van der Waals surface area contributed by atoms with Crippen LogP contribution in [0.2, 0.25) is 0 Å². The van der Waals surface area contributed by atoms with Gasteiger partial charge in [-0.3, -0.25) is 0 Å². The molecule has 0 aliphatic rings. The van der Waals surface area contributed by atoms with Crippen molar-refractivity contribution in [1.82, 2.24) is 4.57 Å². The van der Waals surface area contributed by atoms with Crippen LogP contribution in [-0.4, -0.2) is 4.57 Å². The molecule has 1 heteroatoms. The molecule has 0 aliphatic carbocycles. The van der Waals surface area contributed by atoms with Crippen LogP contribution in [0.15, 0.2) is 109 Å². The molecular weight excluding hydrogens is 518 g/mol. The maximum Gasteiger partial charge on any atom is 0.0629 e. The Balaban J connectivity index is 1.95. The highest BCUT2D eigenvalue weighted by molar-refractivity contribution is 6.18. The molecule has 0 unspecified atom stereocenters. The van der Waals surface area contributed by atoms with E-state index in [1.807, 2.05) is 45.0 Å². The van der Waals surface area contributed by atoms with Crippen LogP contribution in [0.4, 0.5) is 0 Å². The SMILES string of the molecule is [2H]c1c([2H])c([2H])c(-c2ccc3c(c2C(C)(C)C)c2c(-c4c([2H])c([2H])c([2H])c([2H])c4[2H])cccc2n3-c2cc(C(C)(C)C)cc(C(C)(C)C)c2)c([2H])c1[2H]. The normalized spacial score (nSPS) is 16.0. The van der Waals surface area contributed by atoms with E-state index in [4.69, 9.17) is 13.7 Å². The molecule has 5 aromatic carbocycles. The standard InChI is InChI=1S/C42H45N/c1-40(2,3)30-25-31(41(4,5)6)27-32(26-30)43-35-22-16-21-33(28-17-12-10-13-18-28)37(35)38-36(43)24-23-34(39(38)42(7,8)9)29-19-14-11-15-20-29/h10-27H,1-9H3/i10D,11D,12D,13D,14D,15D,17D,18D,19D,20D. The topological polar surface area (TPSA) is 4.93 Å². The zero-order valence-corrected chi connectivity index (χ0v) is 26.6. The van der Waals surface area contributed by atoms with Crippen LogP contribution < -0.4 is 0 Å². The monoisotopic (exact) mass is 573 g/mol. The summed E-state index contributed by atoms with van der Waals surface area (Å²) in [5, 5.41) is 1.34. The first-order chi connectivity index (χ1) is 24.4. The van der Waals surface area contributed by atoms with Crippen molar-refractivity contribution in [2.24, 2.45) is 0 Å². The smallest absolute Gasteiger partial charge is 0.0629 e. The lowest BCUT2D eigenvalue weighted by atomic mass is 9.78. The van der Waals surface area contributed by atoms with Crippen molar-refractivity contribution in [3.8, 4) is 27.9 Å². The van der Waals surface area contributed by atoms with Gasteiger partial charge in [0.15, 0.2) is 0 Å². The summed E-state index contributed by atoms with van der Waals surface area (Å²) in [7, 11) is 0. The average Bonchev–Trinajstić information content (AvgIpc) is 3.41. The largest absolute Gasteiger partial charge is 0.309 e. The molecule has 0 N–H and O–H groups in total. The van der Waals surface area contributed by atoms with E-state index in [-0.39, 0.29) is 46.1 Å². The van der Waals surface area contributed by atoms with Crippen molar-refractivity contribution in [3.05, 3.63) is 126 Å². The fourth-order valence-corrected chi connectivity index (χ4v) is 6.00. The van der Waals surface area contributed by atoms with Gasteiger partial charge in [-0.15, -0.1) is 0 Å². The third-order valence-electron chi connectivity index (χ3n) is 8.15. The fraction of sp³-hybridized carbons (Fsp3) is 0.286. The average molecular weight is 574 g/mol. The second kappa shape index (κ2) is 10.3. The highest BCUT2D eigenvalue weighted by atomic mass is 15.0. The van der Waals surface area contributed by atoms with Crippen molar-refractivity contribution >= 4 is 21.8 Å². The maximum absolute atomic E-state index is 9.01. The van der Waals surface area contributed by atoms with Crippen molar-refractivity contribution in [2.75, 3.05) is 0 Å². The van der Waals surface area contributed by atoms with Crippen molar-refractivity contribution in [3.63, 3.8) is 0 Å². The lowest BCUT2D eigenvalue weighted by Gasteiger charge is -2.27. The van der Waals surface area contributed by atoms with Gasteiger partial charge in [-0.2, -0.15) is 0 Å². The summed E-state index contributed by atoms with van der Waals surface area (Å²) in [6.07, 6.45) is 0. The first-order valence-corrected chi connectivity index (χ1v) is 14.8. The zero-order valence-electron chi connectivity index (χ0n) is 36.6. The molecule has 0 saturated heterocycles. The molecule has 0 saturated carbocycles. The fourth-order valence-electron chi connectivity index (χ4n) is 6.00. The van der Waals surface area contributed by atoms with Gasteiger partial charge in [0.2, 0.25) is 0 Å². The van der Waals surface area contributed by atoms with Gasteiger partial charge in [0, 0.05) is 16.5 Å². The van der Waals surface area contributed by atoms with E-state index in [9.17, 15) is 0 Å². The molecular formula is C42H45N. The van der Waals surface area contributed by atoms with Gasteiger partial charge >= 0.3 is 0 Å². The number of hydrogen-bond donors (Lipinski definition) is 0. The molecule has 0 amide bonds. The van der Waals surface area contributed by atoms with E-state index in [0.717, 1.165) is 27.8 Å². The molecule has 6 aromatic rings. The van der Waals surface area contributed by atoms with E-state index in [1.165, 1.54) is 0 Å². The minimum atomic E-state index is -0.673. The Kier molecular flexibility index (Phi) is 4.59. The predicted octanol–water partition coefficient (Wildman–Crippen LogP) is 12.0. The zero-order chi connectivity index (χ0) is 39.4. The second-order valence-electron chi connectivity index (χ2n) is 14.4. The van der Waals surface area contributed by atoms with E-state index in [1.54, 1.807) is 6.07 Å². The van der Waals surface area contributed by atoms with Gasteiger partial charge in [-0.1, -0.05) is 147 Å². The lowest BCUT2D eigenvalue weighted by Crippen LogP contribution is -2.17. The molecule has 218 valence electrons. The molecule has 6 rings (SSSR count). The van der Waals surface area contributed by atoms with Crippen LogP contribution in [0.5, 0.6) is 0 Å². The van der Waals surface area contributed by atoms with Crippen LogP contribution in [0.1, 0.15) is 92.7 Å². The molecule has 0 radical (unpaired) electrons. The minimum absolute atomic E-state index is 0.0625. The lowest BCUT2D eigenvalue weighted by molar-refractivity contribution is 0.568. The molecule has 0 fully saturated rings. The molecule has 0 spiro atoms. The summed E-state index contributed by atoms with van der Waals surface area (Å²) < 4.78 is 88.8. The van der Waals surface area contributed by atoms with Crippen LogP contribution in [0, 0.1) is 0 Å². The number of benzene rings is 5. The maximum atomic E-state index is 9.01. The summed E-state index contributed by atoms with van der Waals surface area (Å²) in [5.41, 5.74) is 5.34. The first kappa shape index (κ1) is 19.2. The Bertz CT molecular complexity index is 2420. The first-order valence-electron chi connectivity index (χ1n) is 19.8. The summed E-state index contributed by atoms with van der Waals surface area (Å²) in [6.45, 7) is 19.1. The number of rotatable bonds is 3. The number of fused-ring (bicyclic) bond motifs is 3. The third-order valence-corrected chi connectivity index (χ3v) is 8.15. The van der Waals surface area contributed by atoms with Crippen molar-refractivity contribution < 1.29 is 13.7 Å². The van der Waals surface area contributed by atoms with Gasteiger partial charge in [0.1, 0.15) is 0 Å². The number of nitrogens with zero attached hydrogens (tertiary/aromatic N) is 1. The Morgan fingerprint density at radius 2 is 1.02 bits per heavy atom. The second-order valence-corrected chi connectivity index (χ2v) is 14.4. The van der Waals surface area contributed by atoms with Crippen LogP contribution in [0.3, 0.4) is 0 Å². The van der Waals surface area contributed by atoms with E-state index < -0.39 is 41.7 Å². The predicted molar refractivity (Wildman–Crippen MR) is 188 cm³/mol. The van der Waals surface area contributed by atoms with Gasteiger partial charge in [0.25, 0.3) is 0 Å². The Hall–Kier alpha value is -4.10. The molecule has 1 nitrogen and oxygen atoms in total. The molecule has 1 heterocycles. The van der Waals surface area contributed by atoms with E-state index in [0.29, 0.717) is 27.5 Å². The molecule has 0 atom stereocenters. The van der Waals surface area contributed by atoms with Crippen molar-refractivity contribution in [1.29, 1.82) is 0 Å². The number of aromatic nitrogens is 1. The van der Waals surface area contributed by atoms with Crippen LogP contribution in [0.25, 0.3) is 49.7 Å². The van der Waals surface area contributed by atoms with Gasteiger partial charge < -0.3 is 4.57 Å². The molecule has 0 bridgehead atoms. The highest BCUT2D eigenvalue weighted by Gasteiger charge is 2.28. The summed E-state index contributed by atoms with van der Waals surface area (Å²) in [5.74, 6) is 0. The summed E-state index contributed by atoms with van der Waals surface area (Å²) in [4.78, 5) is 0. The van der Waals surface area contributed by atoms with Gasteiger partial charge in [-0.05, 0) is 79.5 Å². The van der Waals surface area contributed by atoms with Crippen LogP contribution in [-0.2, 0) is 16.2 Å². The molecule has 43 heavy (non-hydrogen) atoms. The molecule has 0 aliphatic heterocycles. The van der Waals surface area contributed by atoms with Crippen LogP contribution >= 0.6 is 0 Å². The van der Waals surface area contributed by atoms with Crippen molar-refractivity contribution in [2.45, 2.75) is 78.6 Å². The quantitative estimate of drug-likeness (QED) is 0.198. The summed E-state index contributed by atoms with van der Waals surface area (Å²) >= 11 is 0. The Morgan fingerprint density at radius 3 is 1.53 bits per heavy atom. The third kappa shape index (κ3) is 5.20. The van der Waals surface area contributed by atoms with E-state index >= 15 is 0 Å². The highest BCUT2D eigenvalue weighted by Crippen LogP contribution is 2.47. The van der Waals surface area contributed by atoms with E-state index in [2.05, 4.69) is 64.3 Å². The van der Waals surface area contributed by atoms with Gasteiger partial charge in [-0.25, -0.2) is 0 Å². The minimum Gasteiger partial charge on any atom is -0.309 e. The summed E-state index contributed by atoms with van der Waals surface area (Å²) in [6, 6.07) is 11.9. The number of hydrogen-bond acceptors (Lipinski definition) is 0. The van der Waals surface area contributed by atoms with Gasteiger partial charge in [0.05, 0.1) is 24.7 Å². The molecule has 1 aromatic heterocycles.